The molecule has 0 spiro atoms. The van der Waals surface area contributed by atoms with Gasteiger partial charge in [0.05, 0.1) is 25.5 Å². The van der Waals surface area contributed by atoms with E-state index < -0.39 is 6.10 Å². The van der Waals surface area contributed by atoms with E-state index in [0.717, 1.165) is 4.47 Å². The second-order valence-corrected chi connectivity index (χ2v) is 4.80. The predicted octanol–water partition coefficient (Wildman–Crippen LogP) is 2.94. The molecule has 100 valence electrons. The molecule has 0 aliphatic rings. The van der Waals surface area contributed by atoms with Crippen LogP contribution in [0, 0.1) is 0 Å². The largest absolute Gasteiger partial charge is 0.496 e. The first-order valence-corrected chi connectivity index (χ1v) is 6.47. The van der Waals surface area contributed by atoms with E-state index in [-0.39, 0.29) is 0 Å². The van der Waals surface area contributed by atoms with Crippen LogP contribution in [0.4, 0.5) is 0 Å². The highest BCUT2D eigenvalue weighted by molar-refractivity contribution is 9.10. The molecule has 5 heteroatoms. The van der Waals surface area contributed by atoms with E-state index in [1.54, 1.807) is 38.6 Å². The molecule has 1 heterocycles. The van der Waals surface area contributed by atoms with Crippen LogP contribution in [0.15, 0.2) is 41.0 Å². The van der Waals surface area contributed by atoms with Gasteiger partial charge in [0.2, 0.25) is 0 Å². The van der Waals surface area contributed by atoms with E-state index in [1.165, 1.54) is 0 Å². The van der Waals surface area contributed by atoms with Gasteiger partial charge in [0.1, 0.15) is 17.6 Å². The number of benzene rings is 1. The Hall–Kier alpha value is -1.59. The molecule has 1 N–H and O–H groups in total. The van der Waals surface area contributed by atoms with Gasteiger partial charge < -0.3 is 14.6 Å². The number of nitrogens with zero attached hydrogens (tertiary/aromatic N) is 1. The Labute approximate surface area is 120 Å². The third-order valence-electron chi connectivity index (χ3n) is 2.77. The minimum atomic E-state index is -0.904. The molecule has 0 saturated carbocycles. The van der Waals surface area contributed by atoms with Crippen molar-refractivity contribution in [3.63, 3.8) is 0 Å². The Kier molecular flexibility index (Phi) is 4.39. The summed E-state index contributed by atoms with van der Waals surface area (Å²) in [5.74, 6) is 1.13. The molecule has 1 unspecified atom stereocenters. The Morgan fingerprint density at radius 1 is 1.11 bits per heavy atom. The predicted molar refractivity (Wildman–Crippen MR) is 75.5 cm³/mol. The van der Waals surface area contributed by atoms with Crippen LogP contribution in [0.1, 0.15) is 17.4 Å². The average Bonchev–Trinajstić information content (AvgIpc) is 2.46. The summed E-state index contributed by atoms with van der Waals surface area (Å²) in [4.78, 5) is 4.20. The summed E-state index contributed by atoms with van der Waals surface area (Å²) in [5.41, 5.74) is 1.10. The van der Waals surface area contributed by atoms with E-state index >= 15 is 0 Å². The quantitative estimate of drug-likeness (QED) is 0.939. The van der Waals surface area contributed by atoms with Crippen LogP contribution in [-0.4, -0.2) is 24.3 Å². The molecule has 0 saturated heterocycles. The van der Waals surface area contributed by atoms with Crippen molar-refractivity contribution in [2.45, 2.75) is 6.10 Å². The molecule has 1 atom stereocenters. The molecule has 1 aromatic heterocycles. The lowest BCUT2D eigenvalue weighted by atomic mass is 10.0. The van der Waals surface area contributed by atoms with Gasteiger partial charge >= 0.3 is 0 Å². The van der Waals surface area contributed by atoms with Gasteiger partial charge in [-0.05, 0) is 40.2 Å². The summed E-state index contributed by atoms with van der Waals surface area (Å²) in [6.07, 6.45) is 0.736. The lowest BCUT2D eigenvalue weighted by Crippen LogP contribution is -2.06. The Morgan fingerprint density at radius 2 is 1.74 bits per heavy atom. The van der Waals surface area contributed by atoms with E-state index in [2.05, 4.69) is 20.9 Å². The van der Waals surface area contributed by atoms with Crippen molar-refractivity contribution in [3.05, 3.63) is 52.3 Å². The zero-order valence-electron chi connectivity index (χ0n) is 10.6. The monoisotopic (exact) mass is 323 g/mol. The standard InChI is InChI=1S/C14H14BrNO3/c1-18-11-4-3-5-12(19-2)13(11)14(17)10-7-6-9(15)8-16-10/h3-8,14,17H,1-2H3. The van der Waals surface area contributed by atoms with Crippen LogP contribution in [0.2, 0.25) is 0 Å². The van der Waals surface area contributed by atoms with Crippen molar-refractivity contribution in [3.8, 4) is 11.5 Å². The van der Waals surface area contributed by atoms with Crippen molar-refractivity contribution in [1.82, 2.24) is 4.98 Å². The van der Waals surface area contributed by atoms with E-state index in [1.807, 2.05) is 12.1 Å². The maximum Gasteiger partial charge on any atom is 0.128 e. The average molecular weight is 324 g/mol. The molecular formula is C14H14BrNO3. The lowest BCUT2D eigenvalue weighted by molar-refractivity contribution is 0.204. The fourth-order valence-corrected chi connectivity index (χ4v) is 2.08. The molecule has 2 aromatic rings. The molecular weight excluding hydrogens is 310 g/mol. The zero-order valence-corrected chi connectivity index (χ0v) is 12.2. The van der Waals surface area contributed by atoms with Crippen molar-refractivity contribution in [2.75, 3.05) is 14.2 Å². The third-order valence-corrected chi connectivity index (χ3v) is 3.24. The highest BCUT2D eigenvalue weighted by Gasteiger charge is 2.21. The van der Waals surface area contributed by atoms with Gasteiger partial charge in [-0.2, -0.15) is 0 Å². The summed E-state index contributed by atoms with van der Waals surface area (Å²) in [6.45, 7) is 0. The minimum absolute atomic E-state index is 0.533. The van der Waals surface area contributed by atoms with Crippen molar-refractivity contribution < 1.29 is 14.6 Å². The molecule has 0 bridgehead atoms. The Morgan fingerprint density at radius 3 is 2.21 bits per heavy atom. The van der Waals surface area contributed by atoms with Crippen LogP contribution in [0.3, 0.4) is 0 Å². The summed E-state index contributed by atoms with van der Waals surface area (Å²) < 4.78 is 11.4. The molecule has 0 aliphatic heterocycles. The van der Waals surface area contributed by atoms with Crippen LogP contribution < -0.4 is 9.47 Å². The molecule has 1 aromatic carbocycles. The molecule has 2 rings (SSSR count). The number of methoxy groups -OCH3 is 2. The zero-order chi connectivity index (χ0) is 13.8. The van der Waals surface area contributed by atoms with Gasteiger partial charge in [-0.3, -0.25) is 4.98 Å². The fraction of sp³-hybridized carbons (Fsp3) is 0.214. The highest BCUT2D eigenvalue weighted by Crippen LogP contribution is 2.36. The van der Waals surface area contributed by atoms with E-state index in [4.69, 9.17) is 9.47 Å². The molecule has 0 aliphatic carbocycles. The molecule has 19 heavy (non-hydrogen) atoms. The van der Waals surface area contributed by atoms with E-state index in [0.29, 0.717) is 22.8 Å². The van der Waals surface area contributed by atoms with Crippen LogP contribution in [-0.2, 0) is 0 Å². The highest BCUT2D eigenvalue weighted by atomic mass is 79.9. The number of aliphatic hydroxyl groups excluding tert-OH is 1. The summed E-state index contributed by atoms with van der Waals surface area (Å²) in [5, 5.41) is 10.5. The van der Waals surface area contributed by atoms with Crippen molar-refractivity contribution in [1.29, 1.82) is 0 Å². The summed E-state index contributed by atoms with van der Waals surface area (Å²) in [7, 11) is 3.11. The maximum atomic E-state index is 10.5. The van der Waals surface area contributed by atoms with Crippen LogP contribution >= 0.6 is 15.9 Å². The molecule has 4 nitrogen and oxygen atoms in total. The first-order chi connectivity index (χ1) is 9.17. The van der Waals surface area contributed by atoms with Gasteiger partial charge in [-0.25, -0.2) is 0 Å². The molecule has 0 amide bonds. The van der Waals surface area contributed by atoms with Gasteiger partial charge in [0.25, 0.3) is 0 Å². The third kappa shape index (κ3) is 2.88. The molecule has 0 radical (unpaired) electrons. The first kappa shape index (κ1) is 13.8. The van der Waals surface area contributed by atoms with E-state index in [9.17, 15) is 5.11 Å². The topological polar surface area (TPSA) is 51.6 Å². The fourth-order valence-electron chi connectivity index (χ4n) is 1.85. The Bertz CT molecular complexity index is 535. The minimum Gasteiger partial charge on any atom is -0.496 e. The first-order valence-electron chi connectivity index (χ1n) is 5.67. The number of rotatable bonds is 4. The normalized spacial score (nSPS) is 12.0. The number of hydrogen-bond donors (Lipinski definition) is 1. The number of hydrogen-bond acceptors (Lipinski definition) is 4. The van der Waals surface area contributed by atoms with Gasteiger partial charge in [-0.15, -0.1) is 0 Å². The van der Waals surface area contributed by atoms with Gasteiger partial charge in [0.15, 0.2) is 0 Å². The van der Waals surface area contributed by atoms with Gasteiger partial charge in [0, 0.05) is 10.7 Å². The number of aliphatic hydroxyl groups is 1. The smallest absolute Gasteiger partial charge is 0.128 e. The van der Waals surface area contributed by atoms with Gasteiger partial charge in [-0.1, -0.05) is 6.07 Å². The number of ether oxygens (including phenoxy) is 2. The number of halogens is 1. The number of aromatic nitrogens is 1. The van der Waals surface area contributed by atoms with Crippen molar-refractivity contribution >= 4 is 15.9 Å². The second kappa shape index (κ2) is 6.04. The van der Waals surface area contributed by atoms with Crippen LogP contribution in [0.5, 0.6) is 11.5 Å². The van der Waals surface area contributed by atoms with Crippen LogP contribution in [0.25, 0.3) is 0 Å². The molecule has 0 fully saturated rings. The Balaban J connectivity index is 2.47. The summed E-state index contributed by atoms with van der Waals surface area (Å²) in [6, 6.07) is 8.94. The summed E-state index contributed by atoms with van der Waals surface area (Å²) >= 11 is 3.31. The maximum absolute atomic E-state index is 10.5. The lowest BCUT2D eigenvalue weighted by Gasteiger charge is -2.17. The second-order valence-electron chi connectivity index (χ2n) is 3.88. The van der Waals surface area contributed by atoms with Crippen molar-refractivity contribution in [2.24, 2.45) is 0 Å². The SMILES string of the molecule is COc1cccc(OC)c1C(O)c1ccc(Br)cn1. The number of pyridine rings is 1.